The van der Waals surface area contributed by atoms with Crippen LogP contribution >= 0.6 is 0 Å². The molecule has 4 nitrogen and oxygen atoms in total. The highest BCUT2D eigenvalue weighted by Crippen LogP contribution is 2.36. The molecule has 0 saturated carbocycles. The number of hydrogen-bond acceptors (Lipinski definition) is 4. The third-order valence-corrected chi connectivity index (χ3v) is 2.82. The van der Waals surface area contributed by atoms with Crippen LogP contribution in [0.2, 0.25) is 0 Å². The summed E-state index contributed by atoms with van der Waals surface area (Å²) in [5.41, 5.74) is 1.68. The number of furan rings is 1. The Balaban J connectivity index is 2.22. The normalized spacial score (nSPS) is 17.9. The second-order valence-electron chi connectivity index (χ2n) is 3.75. The topological polar surface area (TPSA) is 52.6 Å². The molecule has 0 spiro atoms. The van der Waals surface area contributed by atoms with Crippen molar-refractivity contribution in [2.24, 2.45) is 0 Å². The van der Waals surface area contributed by atoms with Gasteiger partial charge >= 0.3 is 5.63 Å². The molecular weight excluding hydrogens is 208 g/mol. The van der Waals surface area contributed by atoms with Crippen LogP contribution in [0.15, 0.2) is 38.1 Å². The Hall–Kier alpha value is -1.81. The minimum atomic E-state index is -0.414. The summed E-state index contributed by atoms with van der Waals surface area (Å²) in [5, 5.41) is 0. The number of ether oxygens (including phenoxy) is 1. The Kier molecular flexibility index (Phi) is 1.97. The first-order valence-electron chi connectivity index (χ1n) is 5.01. The van der Waals surface area contributed by atoms with E-state index < -0.39 is 6.10 Å². The van der Waals surface area contributed by atoms with Crippen LogP contribution in [0.3, 0.4) is 0 Å². The Bertz CT molecular complexity index is 579. The van der Waals surface area contributed by atoms with Crippen molar-refractivity contribution < 1.29 is 13.6 Å². The number of fused-ring (bicyclic) bond motifs is 2. The van der Waals surface area contributed by atoms with Crippen molar-refractivity contribution in [1.82, 2.24) is 0 Å². The van der Waals surface area contributed by atoms with Crippen LogP contribution in [0, 0.1) is 0 Å². The van der Waals surface area contributed by atoms with E-state index in [0.29, 0.717) is 12.2 Å². The van der Waals surface area contributed by atoms with Gasteiger partial charge in [-0.1, -0.05) is 0 Å². The maximum atomic E-state index is 11.2. The zero-order valence-electron chi connectivity index (χ0n) is 8.73. The summed E-state index contributed by atoms with van der Waals surface area (Å²) in [7, 11) is 1.57. The quantitative estimate of drug-likeness (QED) is 0.733. The Morgan fingerprint density at radius 3 is 2.88 bits per heavy atom. The summed E-state index contributed by atoms with van der Waals surface area (Å²) in [5.74, 6) is 1.28. The van der Waals surface area contributed by atoms with Crippen molar-refractivity contribution >= 4 is 0 Å². The van der Waals surface area contributed by atoms with Gasteiger partial charge in [-0.3, -0.25) is 0 Å². The number of methoxy groups -OCH3 is 1. The van der Waals surface area contributed by atoms with E-state index in [-0.39, 0.29) is 5.63 Å². The first-order valence-corrected chi connectivity index (χ1v) is 5.01. The third kappa shape index (κ3) is 1.23. The van der Waals surface area contributed by atoms with E-state index in [1.807, 2.05) is 6.07 Å². The van der Waals surface area contributed by atoms with Crippen molar-refractivity contribution in [3.63, 3.8) is 0 Å². The smallest absolute Gasteiger partial charge is 0.335 e. The molecule has 2 aromatic rings. The molecule has 2 heterocycles. The van der Waals surface area contributed by atoms with E-state index in [1.165, 1.54) is 6.07 Å². The summed E-state index contributed by atoms with van der Waals surface area (Å²) in [4.78, 5) is 11.2. The van der Waals surface area contributed by atoms with Gasteiger partial charge in [-0.15, -0.1) is 0 Å². The van der Waals surface area contributed by atoms with Crippen molar-refractivity contribution in [2.45, 2.75) is 12.5 Å². The number of rotatable bonds is 1. The highest BCUT2D eigenvalue weighted by molar-refractivity contribution is 5.39. The number of hydrogen-bond donors (Lipinski definition) is 0. The molecule has 4 heteroatoms. The monoisotopic (exact) mass is 218 g/mol. The summed E-state index contributed by atoms with van der Waals surface area (Å²) in [6, 6.07) is 5.12. The fraction of sp³-hybridized carbons (Fsp3) is 0.250. The first kappa shape index (κ1) is 9.42. The molecule has 0 aliphatic heterocycles. The molecule has 0 unspecified atom stereocenters. The predicted molar refractivity (Wildman–Crippen MR) is 55.3 cm³/mol. The molecular formula is C12H10O4. The van der Waals surface area contributed by atoms with Gasteiger partial charge in [0.25, 0.3) is 0 Å². The molecule has 16 heavy (non-hydrogen) atoms. The standard InChI is InChI=1S/C12H10O4/c1-14-12-10-8(4-5-15-10)6-7-2-3-9(13)16-11(7)12/h2-5,12H,6H2,1H3/t12-/m0/s1. The van der Waals surface area contributed by atoms with E-state index in [4.69, 9.17) is 13.6 Å². The van der Waals surface area contributed by atoms with Gasteiger partial charge in [-0.05, 0) is 17.7 Å². The molecule has 82 valence electrons. The van der Waals surface area contributed by atoms with E-state index >= 15 is 0 Å². The third-order valence-electron chi connectivity index (χ3n) is 2.82. The Morgan fingerprint density at radius 1 is 1.25 bits per heavy atom. The molecule has 0 bridgehead atoms. The molecule has 1 aliphatic carbocycles. The van der Waals surface area contributed by atoms with Gasteiger partial charge in [0, 0.05) is 25.2 Å². The summed E-state index contributed by atoms with van der Waals surface area (Å²) >= 11 is 0. The summed E-state index contributed by atoms with van der Waals surface area (Å²) in [6.07, 6.45) is 1.92. The van der Waals surface area contributed by atoms with Crippen LogP contribution in [0.1, 0.15) is 28.8 Å². The van der Waals surface area contributed by atoms with Gasteiger partial charge in [-0.25, -0.2) is 4.79 Å². The summed E-state index contributed by atoms with van der Waals surface area (Å²) in [6.45, 7) is 0. The van der Waals surface area contributed by atoms with E-state index in [9.17, 15) is 4.79 Å². The lowest BCUT2D eigenvalue weighted by Crippen LogP contribution is -2.16. The lowest BCUT2D eigenvalue weighted by Gasteiger charge is -2.21. The highest BCUT2D eigenvalue weighted by atomic mass is 16.5. The van der Waals surface area contributed by atoms with Crippen LogP contribution in [-0.2, 0) is 11.2 Å². The minimum absolute atomic E-state index is 0.365. The van der Waals surface area contributed by atoms with Crippen molar-refractivity contribution in [2.75, 3.05) is 7.11 Å². The highest BCUT2D eigenvalue weighted by Gasteiger charge is 2.30. The summed E-state index contributed by atoms with van der Waals surface area (Å²) < 4.78 is 15.9. The second kappa shape index (κ2) is 3.35. The van der Waals surface area contributed by atoms with Crippen molar-refractivity contribution in [3.05, 3.63) is 57.5 Å². The molecule has 1 aliphatic rings. The van der Waals surface area contributed by atoms with Gasteiger partial charge in [0.2, 0.25) is 0 Å². The molecule has 1 atom stereocenters. The van der Waals surface area contributed by atoms with Crippen LogP contribution < -0.4 is 5.63 Å². The molecule has 0 N–H and O–H groups in total. The van der Waals surface area contributed by atoms with Crippen LogP contribution in [-0.4, -0.2) is 7.11 Å². The van der Waals surface area contributed by atoms with Gasteiger partial charge in [0.05, 0.1) is 6.26 Å². The van der Waals surface area contributed by atoms with Crippen LogP contribution in [0.5, 0.6) is 0 Å². The van der Waals surface area contributed by atoms with Crippen LogP contribution in [0.4, 0.5) is 0 Å². The predicted octanol–water partition coefficient (Wildman–Crippen LogP) is 1.87. The SMILES string of the molecule is CO[C@H]1c2occc2Cc2ccc(=O)oc21. The van der Waals surface area contributed by atoms with Crippen molar-refractivity contribution in [1.29, 1.82) is 0 Å². The van der Waals surface area contributed by atoms with E-state index in [1.54, 1.807) is 19.4 Å². The fourth-order valence-electron chi connectivity index (χ4n) is 2.09. The molecule has 0 radical (unpaired) electrons. The van der Waals surface area contributed by atoms with Gasteiger partial charge in [-0.2, -0.15) is 0 Å². The molecule has 0 amide bonds. The maximum absolute atomic E-state index is 11.2. The average Bonchev–Trinajstić information content (AvgIpc) is 2.73. The van der Waals surface area contributed by atoms with Crippen molar-refractivity contribution in [3.8, 4) is 0 Å². The zero-order chi connectivity index (χ0) is 11.1. The Morgan fingerprint density at radius 2 is 2.06 bits per heavy atom. The Labute approximate surface area is 91.5 Å². The lowest BCUT2D eigenvalue weighted by molar-refractivity contribution is 0.0898. The fourth-order valence-corrected chi connectivity index (χ4v) is 2.09. The molecule has 0 fully saturated rings. The van der Waals surface area contributed by atoms with Gasteiger partial charge in [0.1, 0.15) is 11.5 Å². The molecule has 2 aromatic heterocycles. The molecule has 0 aromatic carbocycles. The minimum Gasteiger partial charge on any atom is -0.466 e. The first-order chi connectivity index (χ1) is 7.79. The zero-order valence-corrected chi connectivity index (χ0v) is 8.73. The van der Waals surface area contributed by atoms with E-state index in [2.05, 4.69) is 0 Å². The average molecular weight is 218 g/mol. The second-order valence-corrected chi connectivity index (χ2v) is 3.75. The van der Waals surface area contributed by atoms with Crippen LogP contribution in [0.25, 0.3) is 0 Å². The van der Waals surface area contributed by atoms with Gasteiger partial charge in [0.15, 0.2) is 6.10 Å². The van der Waals surface area contributed by atoms with Gasteiger partial charge < -0.3 is 13.6 Å². The lowest BCUT2D eigenvalue weighted by atomic mass is 9.93. The molecule has 3 rings (SSSR count). The largest absolute Gasteiger partial charge is 0.466 e. The maximum Gasteiger partial charge on any atom is 0.335 e. The molecule has 0 saturated heterocycles. The van der Waals surface area contributed by atoms with E-state index in [0.717, 1.165) is 16.9 Å².